The van der Waals surface area contributed by atoms with Crippen molar-refractivity contribution in [2.24, 2.45) is 0 Å². The topological polar surface area (TPSA) is 20.7 Å². The summed E-state index contributed by atoms with van der Waals surface area (Å²) in [4.78, 5) is 3.13. The van der Waals surface area contributed by atoms with E-state index in [2.05, 4.69) is 22.7 Å². The van der Waals surface area contributed by atoms with Gasteiger partial charge in [-0.3, -0.25) is 0 Å². The number of hydrogen-bond donors (Lipinski definition) is 1. The number of rotatable bonds is 2. The monoisotopic (exact) mass is 242 g/mol. The van der Waals surface area contributed by atoms with Gasteiger partial charge < -0.3 is 9.55 Å². The molecule has 4 heteroatoms. The fourth-order valence-electron chi connectivity index (χ4n) is 2.46. The van der Waals surface area contributed by atoms with Crippen molar-refractivity contribution in [1.29, 1.82) is 0 Å². The number of hydrogen-bond acceptors (Lipinski definition) is 2. The smallest absolute Gasteiger partial charge is 0.177 e. The number of aromatic nitrogens is 2. The highest BCUT2D eigenvalue weighted by molar-refractivity contribution is 7.99. The largest absolute Gasteiger partial charge is 0.337 e. The van der Waals surface area contributed by atoms with Gasteiger partial charge in [0.1, 0.15) is 0 Å². The van der Waals surface area contributed by atoms with Crippen molar-refractivity contribution < 1.29 is 0 Å². The molecule has 0 atom stereocenters. The van der Waals surface area contributed by atoms with Gasteiger partial charge in [-0.15, -0.1) is 0 Å². The average Bonchev–Trinajstić information content (AvgIpc) is 2.59. The van der Waals surface area contributed by atoms with Crippen LogP contribution >= 0.6 is 24.0 Å². The van der Waals surface area contributed by atoms with Crippen molar-refractivity contribution in [1.82, 2.24) is 9.55 Å². The second-order valence-electron chi connectivity index (χ2n) is 4.27. The van der Waals surface area contributed by atoms with Crippen molar-refractivity contribution in [3.8, 4) is 0 Å². The third-order valence-corrected chi connectivity index (χ3v) is 4.80. The van der Waals surface area contributed by atoms with Gasteiger partial charge in [-0.25, -0.2) is 0 Å². The van der Waals surface area contributed by atoms with Crippen LogP contribution in [0.15, 0.2) is 6.20 Å². The Kier molecular flexibility index (Phi) is 3.57. The van der Waals surface area contributed by atoms with Crippen molar-refractivity contribution >= 4 is 24.0 Å². The fraction of sp³-hybridized carbons (Fsp3) is 0.727. The highest BCUT2D eigenvalue weighted by Gasteiger charge is 2.22. The van der Waals surface area contributed by atoms with Crippen LogP contribution in [0.1, 0.15) is 37.4 Å². The second-order valence-corrected chi connectivity index (χ2v) is 5.80. The maximum absolute atomic E-state index is 5.31. The van der Waals surface area contributed by atoms with Crippen LogP contribution in [0.4, 0.5) is 0 Å². The highest BCUT2D eigenvalue weighted by atomic mass is 32.2. The standard InChI is InChI=1S/C11H18N2S2/c1-8-7-12-11(14)13(8)9-3-5-10(15-2)6-4-9/h7,9-10H,3-6H2,1-2H3,(H,12,14). The number of aryl methyl sites for hydroxylation is 1. The Morgan fingerprint density at radius 3 is 2.53 bits per heavy atom. The summed E-state index contributed by atoms with van der Waals surface area (Å²) in [5.74, 6) is 0. The highest BCUT2D eigenvalue weighted by Crippen LogP contribution is 2.34. The molecular formula is C11H18N2S2. The van der Waals surface area contributed by atoms with Crippen LogP contribution in [0.5, 0.6) is 0 Å². The molecule has 84 valence electrons. The second kappa shape index (κ2) is 4.74. The van der Waals surface area contributed by atoms with Gasteiger partial charge in [-0.1, -0.05) is 0 Å². The molecule has 0 radical (unpaired) electrons. The maximum Gasteiger partial charge on any atom is 0.177 e. The minimum Gasteiger partial charge on any atom is -0.337 e. The number of nitrogens with zero attached hydrogens (tertiary/aromatic N) is 1. The molecule has 1 aromatic heterocycles. The summed E-state index contributed by atoms with van der Waals surface area (Å²) in [6.45, 7) is 2.13. The third-order valence-electron chi connectivity index (χ3n) is 3.35. The maximum atomic E-state index is 5.31. The van der Waals surface area contributed by atoms with E-state index in [1.807, 2.05) is 18.0 Å². The van der Waals surface area contributed by atoms with Crippen molar-refractivity contribution in [3.05, 3.63) is 16.7 Å². The predicted octanol–water partition coefficient (Wildman–Crippen LogP) is 3.70. The minimum absolute atomic E-state index is 0.632. The summed E-state index contributed by atoms with van der Waals surface area (Å²) >= 11 is 7.32. The molecule has 2 rings (SSSR count). The Balaban J connectivity index is 2.11. The summed E-state index contributed by atoms with van der Waals surface area (Å²) in [5.41, 5.74) is 1.27. The molecule has 1 heterocycles. The summed E-state index contributed by atoms with van der Waals surface area (Å²) in [6.07, 6.45) is 9.45. The van der Waals surface area contributed by atoms with E-state index in [1.54, 1.807) is 0 Å². The summed E-state index contributed by atoms with van der Waals surface area (Å²) in [7, 11) is 0. The Labute approximate surface area is 100 Å². The van der Waals surface area contributed by atoms with E-state index in [0.29, 0.717) is 6.04 Å². The molecule has 1 saturated carbocycles. The van der Waals surface area contributed by atoms with Gasteiger partial charge in [-0.2, -0.15) is 11.8 Å². The molecular weight excluding hydrogens is 224 g/mol. The molecule has 1 N–H and O–H groups in total. The van der Waals surface area contributed by atoms with Gasteiger partial charge in [0.15, 0.2) is 4.77 Å². The minimum atomic E-state index is 0.632. The van der Waals surface area contributed by atoms with Gasteiger partial charge in [-0.05, 0) is 51.1 Å². The lowest BCUT2D eigenvalue weighted by Crippen LogP contribution is -2.20. The predicted molar refractivity (Wildman–Crippen MR) is 69.2 cm³/mol. The summed E-state index contributed by atoms with van der Waals surface area (Å²) in [5, 5.41) is 0.870. The molecule has 0 saturated heterocycles. The first kappa shape index (κ1) is 11.3. The van der Waals surface area contributed by atoms with E-state index in [4.69, 9.17) is 12.2 Å². The van der Waals surface area contributed by atoms with E-state index in [0.717, 1.165) is 10.0 Å². The first-order valence-electron chi connectivity index (χ1n) is 5.51. The number of thioether (sulfide) groups is 1. The molecule has 1 aromatic rings. The summed E-state index contributed by atoms with van der Waals surface area (Å²) < 4.78 is 3.19. The SMILES string of the molecule is CSC1CCC(n2c(C)c[nH]c2=S)CC1. The van der Waals surface area contributed by atoms with Crippen molar-refractivity contribution in [2.75, 3.05) is 6.26 Å². The first-order valence-corrected chi connectivity index (χ1v) is 7.21. The zero-order valence-corrected chi connectivity index (χ0v) is 11.0. The lowest BCUT2D eigenvalue weighted by atomic mass is 9.94. The molecule has 0 amide bonds. The molecule has 0 aliphatic heterocycles. The third kappa shape index (κ3) is 2.31. The van der Waals surface area contributed by atoms with Crippen molar-refractivity contribution in [2.45, 2.75) is 43.9 Å². The van der Waals surface area contributed by atoms with Crippen LogP contribution in [0.2, 0.25) is 0 Å². The van der Waals surface area contributed by atoms with Gasteiger partial charge in [0.05, 0.1) is 0 Å². The van der Waals surface area contributed by atoms with E-state index < -0.39 is 0 Å². The molecule has 0 spiro atoms. The van der Waals surface area contributed by atoms with Gasteiger partial charge in [0.25, 0.3) is 0 Å². The van der Waals surface area contributed by atoms with Crippen LogP contribution in [0.25, 0.3) is 0 Å². The van der Waals surface area contributed by atoms with E-state index >= 15 is 0 Å². The lowest BCUT2D eigenvalue weighted by Gasteiger charge is -2.29. The van der Waals surface area contributed by atoms with Gasteiger partial charge in [0, 0.05) is 23.2 Å². The molecule has 0 bridgehead atoms. The quantitative estimate of drug-likeness (QED) is 0.798. The summed E-state index contributed by atoms with van der Waals surface area (Å²) in [6, 6.07) is 0.632. The van der Waals surface area contributed by atoms with Gasteiger partial charge >= 0.3 is 0 Å². The number of aromatic amines is 1. The van der Waals surface area contributed by atoms with Gasteiger partial charge in [0.2, 0.25) is 0 Å². The molecule has 0 aromatic carbocycles. The Bertz CT molecular complexity index is 372. The molecule has 1 aliphatic rings. The van der Waals surface area contributed by atoms with Crippen LogP contribution in [-0.4, -0.2) is 21.1 Å². The Morgan fingerprint density at radius 2 is 2.07 bits per heavy atom. The average molecular weight is 242 g/mol. The fourth-order valence-corrected chi connectivity index (χ4v) is 3.55. The molecule has 0 unspecified atom stereocenters. The Morgan fingerprint density at radius 1 is 1.40 bits per heavy atom. The molecule has 15 heavy (non-hydrogen) atoms. The number of H-pyrrole nitrogens is 1. The van der Waals surface area contributed by atoms with Crippen LogP contribution in [0, 0.1) is 11.7 Å². The lowest BCUT2D eigenvalue weighted by molar-refractivity contribution is 0.353. The van der Waals surface area contributed by atoms with E-state index in [-0.39, 0.29) is 0 Å². The van der Waals surface area contributed by atoms with Crippen LogP contribution < -0.4 is 0 Å². The molecule has 1 fully saturated rings. The van der Waals surface area contributed by atoms with Crippen LogP contribution in [-0.2, 0) is 0 Å². The number of nitrogens with one attached hydrogen (secondary N) is 1. The zero-order chi connectivity index (χ0) is 10.8. The van der Waals surface area contributed by atoms with E-state index in [1.165, 1.54) is 31.4 Å². The molecule has 2 nitrogen and oxygen atoms in total. The first-order chi connectivity index (χ1) is 7.22. The van der Waals surface area contributed by atoms with E-state index in [9.17, 15) is 0 Å². The van der Waals surface area contributed by atoms with Crippen molar-refractivity contribution in [3.63, 3.8) is 0 Å². The zero-order valence-electron chi connectivity index (χ0n) is 9.32. The normalized spacial score (nSPS) is 26.8. The Hall–Kier alpha value is -0.220. The molecule has 1 aliphatic carbocycles. The van der Waals surface area contributed by atoms with Crippen LogP contribution in [0.3, 0.4) is 0 Å². The number of imidazole rings is 1.